The maximum absolute atomic E-state index is 15.4. The third-order valence-electron chi connectivity index (χ3n) is 6.83. The van der Waals surface area contributed by atoms with Gasteiger partial charge in [0.1, 0.15) is 5.69 Å². The second-order valence-electron chi connectivity index (χ2n) is 9.47. The number of halogens is 1. The number of rotatable bonds is 7. The summed E-state index contributed by atoms with van der Waals surface area (Å²) in [5, 5.41) is 16.1. The molecule has 0 aromatic heterocycles. The van der Waals surface area contributed by atoms with Crippen LogP contribution in [0.1, 0.15) is 35.4 Å². The van der Waals surface area contributed by atoms with Gasteiger partial charge in [-0.25, -0.2) is 17.5 Å². The first-order valence-electron chi connectivity index (χ1n) is 12.6. The van der Waals surface area contributed by atoms with Gasteiger partial charge in [-0.3, -0.25) is 20.3 Å². The van der Waals surface area contributed by atoms with Crippen molar-refractivity contribution in [2.45, 2.75) is 35.7 Å². The average Bonchev–Trinajstić information content (AvgIpc) is 2.96. The number of anilines is 1. The molecule has 40 heavy (non-hydrogen) atoms. The second kappa shape index (κ2) is 10.9. The van der Waals surface area contributed by atoms with E-state index in [0.717, 1.165) is 59.5 Å². The van der Waals surface area contributed by atoms with Gasteiger partial charge in [-0.1, -0.05) is 66.7 Å². The van der Waals surface area contributed by atoms with E-state index in [1.165, 1.54) is 18.2 Å². The normalized spacial score (nSPS) is 21.0. The Hall–Kier alpha value is -4.64. The maximum atomic E-state index is 15.4. The molecule has 2 aliphatic carbocycles. The van der Waals surface area contributed by atoms with Gasteiger partial charge in [0, 0.05) is 17.5 Å². The molecule has 5 rings (SSSR count). The molecule has 3 aromatic carbocycles. The summed E-state index contributed by atoms with van der Waals surface area (Å²) in [6, 6.07) is 20.0. The molecule has 204 valence electrons. The molecule has 11 heteroatoms. The summed E-state index contributed by atoms with van der Waals surface area (Å²) < 4.78 is 42.9. The van der Waals surface area contributed by atoms with Crippen LogP contribution in [0.25, 0.3) is 0 Å². The van der Waals surface area contributed by atoms with Crippen molar-refractivity contribution in [3.8, 4) is 0 Å². The Balaban J connectivity index is 1.34. The number of amides is 1. The molecule has 0 saturated carbocycles. The highest BCUT2D eigenvalue weighted by Gasteiger charge is 2.38. The average molecular weight is 561 g/mol. The number of nitrogens with one attached hydrogen (secondary N) is 2. The van der Waals surface area contributed by atoms with Crippen LogP contribution >= 0.6 is 0 Å². The molecule has 0 atom stereocenters. The lowest BCUT2D eigenvalue weighted by Gasteiger charge is -2.22. The number of carbonyl (C=O) groups is 1. The highest BCUT2D eigenvalue weighted by atomic mass is 32.2. The fourth-order valence-electron chi connectivity index (χ4n) is 4.68. The fourth-order valence-corrected chi connectivity index (χ4v) is 5.72. The van der Waals surface area contributed by atoms with Gasteiger partial charge in [-0.15, -0.1) is 0 Å². The van der Waals surface area contributed by atoms with Gasteiger partial charge in [0.15, 0.2) is 0 Å². The first kappa shape index (κ1) is 26.9. The van der Waals surface area contributed by atoms with E-state index in [2.05, 4.69) is 10.5 Å². The Kier molecular flexibility index (Phi) is 7.31. The monoisotopic (exact) mass is 560 g/mol. The van der Waals surface area contributed by atoms with E-state index in [4.69, 9.17) is 0 Å². The maximum Gasteiger partial charge on any atom is 0.295 e. The number of carbonyl (C=O) groups excluding carboxylic acids is 1. The summed E-state index contributed by atoms with van der Waals surface area (Å²) >= 11 is 0. The molecule has 0 saturated heterocycles. The number of allylic oxidation sites excluding steroid dienone is 2. The van der Waals surface area contributed by atoms with Crippen LogP contribution in [-0.2, 0) is 21.2 Å². The topological polar surface area (TPSA) is 131 Å². The smallest absolute Gasteiger partial charge is 0.271 e. The summed E-state index contributed by atoms with van der Waals surface area (Å²) in [5.74, 6) is -1.71. The summed E-state index contributed by atoms with van der Waals surface area (Å²) in [6.07, 6.45) is 7.40. The van der Waals surface area contributed by atoms with Gasteiger partial charge in [-0.2, -0.15) is 5.10 Å². The van der Waals surface area contributed by atoms with E-state index in [9.17, 15) is 23.3 Å². The SMILES string of the molecule is O=C(NS(=O)(=O)c1ccc(N/N=C2\CCCc3ccccc32)c([N+](=O)[O-])c1)C1(F)C=CC(c2ccccc2)C=C1. The zero-order valence-electron chi connectivity index (χ0n) is 21.2. The van der Waals surface area contributed by atoms with Gasteiger partial charge in [0.05, 0.1) is 15.5 Å². The first-order chi connectivity index (χ1) is 19.2. The number of sulfonamides is 1. The highest BCUT2D eigenvalue weighted by molar-refractivity contribution is 7.90. The zero-order chi connectivity index (χ0) is 28.3. The third kappa shape index (κ3) is 5.55. The van der Waals surface area contributed by atoms with Gasteiger partial charge >= 0.3 is 0 Å². The van der Waals surface area contributed by atoms with Crippen molar-refractivity contribution in [3.05, 3.63) is 124 Å². The van der Waals surface area contributed by atoms with E-state index in [-0.39, 0.29) is 11.6 Å². The van der Waals surface area contributed by atoms with Crippen LogP contribution in [0.2, 0.25) is 0 Å². The molecule has 3 aromatic rings. The molecule has 0 fully saturated rings. The molecule has 0 aliphatic heterocycles. The molecule has 0 spiro atoms. The summed E-state index contributed by atoms with van der Waals surface area (Å²) in [5.41, 5.74) is 3.07. The Bertz CT molecular complexity index is 1650. The quantitative estimate of drug-likeness (QED) is 0.233. The molecule has 0 heterocycles. The number of benzene rings is 3. The first-order valence-corrected chi connectivity index (χ1v) is 14.0. The predicted octanol–water partition coefficient (Wildman–Crippen LogP) is 5.17. The van der Waals surface area contributed by atoms with Crippen molar-refractivity contribution in [3.63, 3.8) is 0 Å². The Morgan fingerprint density at radius 2 is 1.70 bits per heavy atom. The zero-order valence-corrected chi connectivity index (χ0v) is 22.0. The summed E-state index contributed by atoms with van der Waals surface area (Å²) in [7, 11) is -4.64. The van der Waals surface area contributed by atoms with Crippen molar-refractivity contribution in [2.24, 2.45) is 5.10 Å². The molecule has 2 N–H and O–H groups in total. The largest absolute Gasteiger partial charge is 0.295 e. The van der Waals surface area contributed by atoms with E-state index in [0.29, 0.717) is 6.42 Å². The van der Waals surface area contributed by atoms with Crippen molar-refractivity contribution >= 4 is 33.0 Å². The number of hydrogen-bond donors (Lipinski definition) is 2. The minimum atomic E-state index is -4.64. The van der Waals surface area contributed by atoms with Crippen molar-refractivity contribution in [1.82, 2.24) is 4.72 Å². The summed E-state index contributed by atoms with van der Waals surface area (Å²) in [6.45, 7) is 0. The van der Waals surface area contributed by atoms with E-state index in [1.54, 1.807) is 4.72 Å². The number of hydrogen-bond acceptors (Lipinski definition) is 7. The number of nitro groups is 1. The Labute approximate surface area is 230 Å². The van der Waals surface area contributed by atoms with Crippen LogP contribution in [0.3, 0.4) is 0 Å². The van der Waals surface area contributed by atoms with Crippen LogP contribution in [0.4, 0.5) is 15.8 Å². The summed E-state index contributed by atoms with van der Waals surface area (Å²) in [4.78, 5) is 23.1. The molecule has 0 unspecified atom stereocenters. The Morgan fingerprint density at radius 1 is 1.00 bits per heavy atom. The van der Waals surface area contributed by atoms with Gasteiger partial charge in [-0.05, 0) is 54.7 Å². The number of nitro benzene ring substituents is 1. The standard InChI is InChI=1S/C29H25FN4O5S/c30-29(17-15-21(16-18-29)20-7-2-1-3-8-20)28(35)33-40(38,39)23-13-14-26(27(19-23)34(36)37)32-31-25-12-6-10-22-9-4-5-11-24(22)25/h1-5,7-9,11,13-19,21,32H,6,10,12H2,(H,33,35)/b31-25+. The van der Waals surface area contributed by atoms with Crippen molar-refractivity contribution in [1.29, 1.82) is 0 Å². The van der Waals surface area contributed by atoms with Crippen LogP contribution in [-0.4, -0.2) is 30.6 Å². The second-order valence-corrected chi connectivity index (χ2v) is 11.2. The number of hydrazone groups is 1. The van der Waals surface area contributed by atoms with Crippen LogP contribution in [0.15, 0.2) is 107 Å². The van der Waals surface area contributed by atoms with E-state index >= 15 is 4.39 Å². The highest BCUT2D eigenvalue weighted by Crippen LogP contribution is 2.31. The van der Waals surface area contributed by atoms with Crippen LogP contribution < -0.4 is 10.1 Å². The van der Waals surface area contributed by atoms with Crippen molar-refractivity contribution < 1.29 is 22.5 Å². The third-order valence-corrected chi connectivity index (χ3v) is 8.16. The molecule has 0 radical (unpaired) electrons. The minimum absolute atomic E-state index is 0.0297. The lowest BCUT2D eigenvalue weighted by molar-refractivity contribution is -0.384. The fraction of sp³-hybridized carbons (Fsp3) is 0.172. The number of aryl methyl sites for hydroxylation is 1. The number of fused-ring (bicyclic) bond motifs is 1. The van der Waals surface area contributed by atoms with E-state index < -0.39 is 37.1 Å². The van der Waals surface area contributed by atoms with Crippen LogP contribution in [0, 0.1) is 10.1 Å². The van der Waals surface area contributed by atoms with Gasteiger partial charge in [0.25, 0.3) is 21.6 Å². The number of nitrogens with zero attached hydrogens (tertiary/aromatic N) is 2. The van der Waals surface area contributed by atoms with Gasteiger partial charge in [0.2, 0.25) is 5.67 Å². The lowest BCUT2D eigenvalue weighted by Crippen LogP contribution is -2.44. The molecule has 1 amide bonds. The van der Waals surface area contributed by atoms with Crippen LogP contribution in [0.5, 0.6) is 0 Å². The molecule has 9 nitrogen and oxygen atoms in total. The predicted molar refractivity (Wildman–Crippen MR) is 149 cm³/mol. The molecule has 0 bridgehead atoms. The lowest BCUT2D eigenvalue weighted by atomic mass is 9.89. The van der Waals surface area contributed by atoms with Crippen molar-refractivity contribution in [2.75, 3.05) is 5.43 Å². The molecular weight excluding hydrogens is 535 g/mol. The molecular formula is C29H25FN4O5S. The number of alkyl halides is 1. The van der Waals surface area contributed by atoms with Gasteiger partial charge < -0.3 is 0 Å². The Morgan fingerprint density at radius 3 is 2.42 bits per heavy atom. The molecule has 2 aliphatic rings. The minimum Gasteiger partial charge on any atom is -0.271 e. The van der Waals surface area contributed by atoms with E-state index in [1.807, 2.05) is 54.6 Å².